The number of carboxylic acid groups (broad SMARTS) is 1. The van der Waals surface area contributed by atoms with E-state index >= 15 is 0 Å². The van der Waals surface area contributed by atoms with Crippen LogP contribution < -0.4 is 5.32 Å². The Balaban J connectivity index is 1.97. The van der Waals surface area contributed by atoms with E-state index in [2.05, 4.69) is 17.2 Å². The molecule has 4 nitrogen and oxygen atoms in total. The van der Waals surface area contributed by atoms with Gasteiger partial charge in [0.1, 0.15) is 5.69 Å². The average molecular weight is 248 g/mol. The molecule has 0 radical (unpaired) electrons. The van der Waals surface area contributed by atoms with Gasteiger partial charge in [-0.05, 0) is 31.9 Å². The van der Waals surface area contributed by atoms with Crippen LogP contribution in [-0.4, -0.2) is 21.6 Å². The molecule has 0 saturated heterocycles. The highest BCUT2D eigenvalue weighted by molar-refractivity contribution is 5.85. The third-order valence-corrected chi connectivity index (χ3v) is 3.68. The summed E-state index contributed by atoms with van der Waals surface area (Å²) >= 11 is 0. The topological polar surface area (TPSA) is 62.2 Å². The number of pyridine rings is 1. The van der Waals surface area contributed by atoms with Crippen molar-refractivity contribution in [2.75, 3.05) is 0 Å². The molecule has 0 unspecified atom stereocenters. The van der Waals surface area contributed by atoms with Gasteiger partial charge in [-0.2, -0.15) is 0 Å². The quantitative estimate of drug-likeness (QED) is 0.859. The number of hydrogen-bond donors (Lipinski definition) is 2. The lowest BCUT2D eigenvalue weighted by atomic mass is 9.83. The smallest absolute Gasteiger partial charge is 0.354 e. The van der Waals surface area contributed by atoms with Crippen LogP contribution in [-0.2, 0) is 6.54 Å². The number of aromatic carboxylic acids is 1. The van der Waals surface area contributed by atoms with Crippen LogP contribution in [0.1, 0.15) is 55.2 Å². The van der Waals surface area contributed by atoms with Crippen LogP contribution in [0.15, 0.2) is 18.2 Å². The number of aromatic nitrogens is 1. The summed E-state index contributed by atoms with van der Waals surface area (Å²) < 4.78 is 0. The lowest BCUT2D eigenvalue weighted by Crippen LogP contribution is -2.43. The number of nitrogens with zero attached hydrogens (tertiary/aromatic N) is 1. The van der Waals surface area contributed by atoms with E-state index in [-0.39, 0.29) is 11.2 Å². The third kappa shape index (κ3) is 3.29. The maximum absolute atomic E-state index is 10.8. The molecule has 4 heteroatoms. The fourth-order valence-corrected chi connectivity index (χ4v) is 2.51. The van der Waals surface area contributed by atoms with E-state index in [1.807, 2.05) is 6.07 Å². The van der Waals surface area contributed by atoms with Crippen molar-refractivity contribution in [1.82, 2.24) is 10.3 Å². The summed E-state index contributed by atoms with van der Waals surface area (Å²) in [4.78, 5) is 15.0. The fourth-order valence-electron chi connectivity index (χ4n) is 2.51. The van der Waals surface area contributed by atoms with Gasteiger partial charge in [0.15, 0.2) is 0 Å². The summed E-state index contributed by atoms with van der Waals surface area (Å²) in [6, 6.07) is 5.14. The molecule has 1 fully saturated rings. The highest BCUT2D eigenvalue weighted by Crippen LogP contribution is 2.27. The second-order valence-electron chi connectivity index (χ2n) is 5.29. The first-order valence-corrected chi connectivity index (χ1v) is 6.53. The van der Waals surface area contributed by atoms with Gasteiger partial charge in [-0.3, -0.25) is 0 Å². The van der Waals surface area contributed by atoms with Crippen molar-refractivity contribution in [1.29, 1.82) is 0 Å². The standard InChI is InChI=1S/C14H20N2O2/c1-14(8-3-2-4-9-14)15-10-11-6-5-7-12(16-11)13(17)18/h5-7,15H,2-4,8-10H2,1H3,(H,17,18). The maximum Gasteiger partial charge on any atom is 0.354 e. The van der Waals surface area contributed by atoms with E-state index in [1.165, 1.54) is 38.2 Å². The molecule has 0 aliphatic heterocycles. The monoisotopic (exact) mass is 248 g/mol. The van der Waals surface area contributed by atoms with E-state index in [0.717, 1.165) is 5.69 Å². The van der Waals surface area contributed by atoms with Crippen LogP contribution in [0.4, 0.5) is 0 Å². The minimum absolute atomic E-state index is 0.114. The highest BCUT2D eigenvalue weighted by atomic mass is 16.4. The van der Waals surface area contributed by atoms with Gasteiger partial charge >= 0.3 is 5.97 Å². The third-order valence-electron chi connectivity index (χ3n) is 3.68. The van der Waals surface area contributed by atoms with Crippen molar-refractivity contribution in [3.63, 3.8) is 0 Å². The van der Waals surface area contributed by atoms with E-state index in [0.29, 0.717) is 6.54 Å². The van der Waals surface area contributed by atoms with Gasteiger partial charge in [0, 0.05) is 12.1 Å². The van der Waals surface area contributed by atoms with Crippen molar-refractivity contribution in [2.24, 2.45) is 0 Å². The van der Waals surface area contributed by atoms with Gasteiger partial charge < -0.3 is 10.4 Å². The Bertz CT molecular complexity index is 426. The summed E-state index contributed by atoms with van der Waals surface area (Å²) in [7, 11) is 0. The molecule has 1 aromatic heterocycles. The highest BCUT2D eigenvalue weighted by Gasteiger charge is 2.25. The summed E-state index contributed by atoms with van der Waals surface area (Å²) in [5, 5.41) is 12.4. The van der Waals surface area contributed by atoms with Gasteiger partial charge in [0.05, 0.1) is 5.69 Å². The molecule has 2 N–H and O–H groups in total. The largest absolute Gasteiger partial charge is 0.477 e. The van der Waals surface area contributed by atoms with E-state index < -0.39 is 5.97 Å². The molecule has 0 atom stereocenters. The minimum atomic E-state index is -0.972. The molecule has 1 aliphatic rings. The molecule has 18 heavy (non-hydrogen) atoms. The molecule has 1 saturated carbocycles. The van der Waals surface area contributed by atoms with Crippen LogP contribution in [0, 0.1) is 0 Å². The lowest BCUT2D eigenvalue weighted by Gasteiger charge is -2.34. The van der Waals surface area contributed by atoms with Gasteiger partial charge in [0.25, 0.3) is 0 Å². The van der Waals surface area contributed by atoms with E-state index in [9.17, 15) is 4.79 Å². The van der Waals surface area contributed by atoms with Gasteiger partial charge in [-0.15, -0.1) is 0 Å². The second kappa shape index (κ2) is 5.48. The fraction of sp³-hybridized carbons (Fsp3) is 0.571. The van der Waals surface area contributed by atoms with Crippen molar-refractivity contribution >= 4 is 5.97 Å². The molecule has 1 aromatic rings. The molecule has 2 rings (SSSR count). The van der Waals surface area contributed by atoms with Crippen molar-refractivity contribution < 1.29 is 9.90 Å². The second-order valence-corrected chi connectivity index (χ2v) is 5.29. The minimum Gasteiger partial charge on any atom is -0.477 e. The molecular weight excluding hydrogens is 228 g/mol. The zero-order valence-electron chi connectivity index (χ0n) is 10.8. The summed E-state index contributed by atoms with van der Waals surface area (Å²) in [6.07, 6.45) is 6.24. The molecule has 1 heterocycles. The molecular formula is C14H20N2O2. The first kappa shape index (κ1) is 13.0. The molecule has 98 valence electrons. The average Bonchev–Trinajstić information content (AvgIpc) is 2.38. The molecule has 0 bridgehead atoms. The van der Waals surface area contributed by atoms with Crippen LogP contribution in [0.2, 0.25) is 0 Å². The van der Waals surface area contributed by atoms with E-state index in [4.69, 9.17) is 5.11 Å². The summed E-state index contributed by atoms with van der Waals surface area (Å²) in [5.41, 5.74) is 1.09. The number of rotatable bonds is 4. The Morgan fingerprint density at radius 2 is 2.11 bits per heavy atom. The molecule has 0 spiro atoms. The Morgan fingerprint density at radius 1 is 1.39 bits per heavy atom. The predicted molar refractivity (Wildman–Crippen MR) is 69.5 cm³/mol. The molecule has 0 amide bonds. The normalized spacial score (nSPS) is 18.5. The van der Waals surface area contributed by atoms with Crippen LogP contribution in [0.5, 0.6) is 0 Å². The Hall–Kier alpha value is -1.42. The lowest BCUT2D eigenvalue weighted by molar-refractivity contribution is 0.0690. The predicted octanol–water partition coefficient (Wildman–Crippen LogP) is 2.59. The van der Waals surface area contributed by atoms with Crippen molar-refractivity contribution in [3.05, 3.63) is 29.6 Å². The van der Waals surface area contributed by atoms with Crippen molar-refractivity contribution in [3.8, 4) is 0 Å². The summed E-state index contributed by atoms with van der Waals surface area (Å²) in [5.74, 6) is -0.972. The number of carboxylic acids is 1. The van der Waals surface area contributed by atoms with Gasteiger partial charge in [0.2, 0.25) is 0 Å². The molecule has 1 aliphatic carbocycles. The van der Waals surface area contributed by atoms with Crippen LogP contribution in [0.25, 0.3) is 0 Å². The number of hydrogen-bond acceptors (Lipinski definition) is 3. The maximum atomic E-state index is 10.8. The first-order valence-electron chi connectivity index (χ1n) is 6.53. The van der Waals surface area contributed by atoms with Crippen LogP contribution >= 0.6 is 0 Å². The Morgan fingerprint density at radius 3 is 2.78 bits per heavy atom. The van der Waals surface area contributed by atoms with Gasteiger partial charge in [-0.1, -0.05) is 25.3 Å². The Labute approximate surface area is 107 Å². The number of nitrogens with one attached hydrogen (secondary N) is 1. The van der Waals surface area contributed by atoms with E-state index in [1.54, 1.807) is 6.07 Å². The zero-order chi connectivity index (χ0) is 13.0. The van der Waals surface area contributed by atoms with Crippen molar-refractivity contribution in [2.45, 2.75) is 51.1 Å². The molecule has 0 aromatic carbocycles. The van der Waals surface area contributed by atoms with Gasteiger partial charge in [-0.25, -0.2) is 9.78 Å². The summed E-state index contributed by atoms with van der Waals surface area (Å²) in [6.45, 7) is 2.88. The number of carbonyl (C=O) groups is 1. The first-order chi connectivity index (χ1) is 8.59. The van der Waals surface area contributed by atoms with Crippen LogP contribution in [0.3, 0.4) is 0 Å². The SMILES string of the molecule is CC1(NCc2cccc(C(=O)O)n2)CCCCC1. The Kier molecular flexibility index (Phi) is 3.97. The zero-order valence-corrected chi connectivity index (χ0v) is 10.8.